The van der Waals surface area contributed by atoms with Crippen molar-refractivity contribution in [2.24, 2.45) is 11.7 Å². The predicted molar refractivity (Wildman–Crippen MR) is 159 cm³/mol. The summed E-state index contributed by atoms with van der Waals surface area (Å²) in [5, 5.41) is 3.82. The third-order valence-corrected chi connectivity index (χ3v) is 7.35. The number of carbonyl (C=O) groups is 2. The van der Waals surface area contributed by atoms with Gasteiger partial charge in [0.1, 0.15) is 11.5 Å². The highest BCUT2D eigenvalue weighted by Gasteiger charge is 2.33. The van der Waals surface area contributed by atoms with Crippen molar-refractivity contribution >= 4 is 28.4 Å². The zero-order valence-corrected chi connectivity index (χ0v) is 24.6. The number of halogens is 4. The molecule has 14 heteroatoms. The van der Waals surface area contributed by atoms with Gasteiger partial charge in [0, 0.05) is 35.0 Å². The van der Waals surface area contributed by atoms with Gasteiger partial charge in [-0.15, -0.1) is 13.2 Å². The maximum absolute atomic E-state index is 15.5. The molecule has 0 spiro atoms. The number of nitrogens with zero attached hydrogens (tertiary/aromatic N) is 2. The summed E-state index contributed by atoms with van der Waals surface area (Å²) in [5.41, 5.74) is 5.44. The Kier molecular flexibility index (Phi) is 9.75. The first kappa shape index (κ1) is 32.3. The molecule has 0 bridgehead atoms. The summed E-state index contributed by atoms with van der Waals surface area (Å²) >= 11 is 0. The van der Waals surface area contributed by atoms with Gasteiger partial charge in [-0.2, -0.15) is 0 Å². The van der Waals surface area contributed by atoms with Gasteiger partial charge in [0.15, 0.2) is 23.1 Å². The molecule has 2 amide bonds. The van der Waals surface area contributed by atoms with Crippen molar-refractivity contribution in [2.75, 3.05) is 31.7 Å². The lowest BCUT2D eigenvalue weighted by Gasteiger charge is -2.23. The minimum atomic E-state index is -5.01. The quantitative estimate of drug-likeness (QED) is 0.172. The fraction of sp³-hybridized carbons (Fsp3) is 0.281. The highest BCUT2D eigenvalue weighted by molar-refractivity contribution is 6.39. The first-order valence-electron chi connectivity index (χ1n) is 14.2. The SMILES string of the molecule is COc1cc2c(Oc3ccc(N(Cc4ccccc4OC(F)(F)F)C(=O)C(N)=O)cc3F)ccnc2cc1OCC1CCNCC1. The number of alkyl halides is 3. The molecule has 0 saturated carbocycles. The maximum Gasteiger partial charge on any atom is 0.573 e. The van der Waals surface area contributed by atoms with Gasteiger partial charge in [0.25, 0.3) is 0 Å². The van der Waals surface area contributed by atoms with E-state index in [4.69, 9.17) is 19.9 Å². The van der Waals surface area contributed by atoms with Crippen LogP contribution in [0, 0.1) is 11.7 Å². The maximum atomic E-state index is 15.5. The van der Waals surface area contributed by atoms with Crippen LogP contribution in [0.25, 0.3) is 10.9 Å². The van der Waals surface area contributed by atoms with E-state index in [9.17, 15) is 22.8 Å². The summed E-state index contributed by atoms with van der Waals surface area (Å²) < 4.78 is 75.9. The number of fused-ring (bicyclic) bond motifs is 1. The summed E-state index contributed by atoms with van der Waals surface area (Å²) in [6.07, 6.45) is -1.52. The van der Waals surface area contributed by atoms with Gasteiger partial charge in [-0.05, 0) is 62.2 Å². The van der Waals surface area contributed by atoms with E-state index in [0.717, 1.165) is 43.0 Å². The van der Waals surface area contributed by atoms with E-state index >= 15 is 4.39 Å². The van der Waals surface area contributed by atoms with E-state index in [1.807, 2.05) is 0 Å². The molecule has 10 nitrogen and oxygen atoms in total. The number of hydrogen-bond acceptors (Lipinski definition) is 8. The van der Waals surface area contributed by atoms with E-state index in [-0.39, 0.29) is 22.7 Å². The van der Waals surface area contributed by atoms with Gasteiger partial charge in [0.2, 0.25) is 0 Å². The lowest BCUT2D eigenvalue weighted by molar-refractivity contribution is -0.274. The summed E-state index contributed by atoms with van der Waals surface area (Å²) in [6.45, 7) is 1.82. The van der Waals surface area contributed by atoms with Crippen LogP contribution in [0.3, 0.4) is 0 Å². The summed E-state index contributed by atoms with van der Waals surface area (Å²) in [6, 6.07) is 13.3. The second kappa shape index (κ2) is 13.9. The Hall–Kier alpha value is -5.11. The number of methoxy groups -OCH3 is 1. The van der Waals surface area contributed by atoms with Crippen LogP contribution in [0.2, 0.25) is 0 Å². The van der Waals surface area contributed by atoms with Crippen LogP contribution in [0.5, 0.6) is 28.7 Å². The van der Waals surface area contributed by atoms with Crippen LogP contribution in [0.15, 0.2) is 66.9 Å². The minimum absolute atomic E-state index is 0.105. The smallest absolute Gasteiger partial charge is 0.493 e. The fourth-order valence-corrected chi connectivity index (χ4v) is 5.05. The van der Waals surface area contributed by atoms with Crippen LogP contribution in [-0.4, -0.2) is 50.0 Å². The number of pyridine rings is 1. The summed E-state index contributed by atoms with van der Waals surface area (Å²) in [4.78, 5) is 29.6. The lowest BCUT2D eigenvalue weighted by atomic mass is 9.99. The van der Waals surface area contributed by atoms with Crippen molar-refractivity contribution in [1.29, 1.82) is 0 Å². The molecule has 5 rings (SSSR count). The number of primary amides is 1. The number of benzene rings is 3. The molecule has 242 valence electrons. The van der Waals surface area contributed by atoms with Crippen LogP contribution in [-0.2, 0) is 16.1 Å². The average Bonchev–Trinajstić information content (AvgIpc) is 3.03. The average molecular weight is 643 g/mol. The number of aromatic nitrogens is 1. The Balaban J connectivity index is 1.40. The molecule has 46 heavy (non-hydrogen) atoms. The molecule has 0 unspecified atom stereocenters. The molecule has 2 heterocycles. The molecule has 0 atom stereocenters. The number of anilines is 1. The Morgan fingerprint density at radius 1 is 0.978 bits per heavy atom. The van der Waals surface area contributed by atoms with E-state index in [1.54, 1.807) is 12.1 Å². The van der Waals surface area contributed by atoms with Crippen molar-refractivity contribution in [2.45, 2.75) is 25.7 Å². The molecule has 0 aliphatic carbocycles. The molecule has 3 N–H and O–H groups in total. The van der Waals surface area contributed by atoms with Crippen LogP contribution in [0.4, 0.5) is 23.2 Å². The molecular weight excluding hydrogens is 612 g/mol. The Labute approximate surface area is 261 Å². The summed E-state index contributed by atoms with van der Waals surface area (Å²) in [5.74, 6) is -2.85. The van der Waals surface area contributed by atoms with Gasteiger partial charge < -0.3 is 30.0 Å². The number of rotatable bonds is 10. The van der Waals surface area contributed by atoms with E-state index in [1.165, 1.54) is 49.7 Å². The monoisotopic (exact) mass is 642 g/mol. The second-order valence-electron chi connectivity index (χ2n) is 10.5. The molecule has 3 aromatic carbocycles. The highest BCUT2D eigenvalue weighted by Crippen LogP contribution is 2.39. The van der Waals surface area contributed by atoms with E-state index in [0.29, 0.717) is 34.9 Å². The minimum Gasteiger partial charge on any atom is -0.493 e. The number of nitrogens with one attached hydrogen (secondary N) is 1. The van der Waals surface area contributed by atoms with Crippen molar-refractivity contribution in [3.05, 3.63) is 78.2 Å². The van der Waals surface area contributed by atoms with Crippen LogP contribution < -0.4 is 34.9 Å². The number of hydrogen-bond donors (Lipinski definition) is 2. The molecule has 4 aromatic rings. The van der Waals surface area contributed by atoms with Gasteiger partial charge in [-0.3, -0.25) is 19.5 Å². The second-order valence-corrected chi connectivity index (χ2v) is 10.5. The van der Waals surface area contributed by atoms with E-state index < -0.39 is 36.3 Å². The highest BCUT2D eigenvalue weighted by atomic mass is 19.4. The van der Waals surface area contributed by atoms with Gasteiger partial charge in [-0.25, -0.2) is 4.39 Å². The molecule has 1 aromatic heterocycles. The topological polar surface area (TPSA) is 125 Å². The fourth-order valence-electron chi connectivity index (χ4n) is 5.05. The number of ether oxygens (including phenoxy) is 4. The number of para-hydroxylation sites is 1. The molecule has 1 aliphatic rings. The van der Waals surface area contributed by atoms with Crippen LogP contribution >= 0.6 is 0 Å². The van der Waals surface area contributed by atoms with Gasteiger partial charge >= 0.3 is 18.2 Å². The lowest BCUT2D eigenvalue weighted by Crippen LogP contribution is -2.40. The molecule has 1 saturated heterocycles. The van der Waals surface area contributed by atoms with Crippen LogP contribution in [0.1, 0.15) is 18.4 Å². The first-order valence-corrected chi connectivity index (χ1v) is 14.2. The predicted octanol–water partition coefficient (Wildman–Crippen LogP) is 5.47. The third kappa shape index (κ3) is 7.75. The standard InChI is InChI=1S/C32H30F4N4O6/c1-43-28-15-22-24(16-29(28)44-18-19-8-11-38-12-9-19)39-13-10-26(22)45-27-7-6-21(14-23(27)33)40(31(42)30(37)41)17-20-4-2-3-5-25(20)46-32(34,35)36/h2-7,10,13-16,19,38H,8-9,11-12,17-18H2,1H3,(H2,37,41). The van der Waals surface area contributed by atoms with Crippen molar-refractivity contribution < 1.29 is 46.1 Å². The number of carbonyl (C=O) groups excluding carboxylic acids is 2. The summed E-state index contributed by atoms with van der Waals surface area (Å²) in [7, 11) is 1.50. The number of piperidine rings is 1. The zero-order valence-electron chi connectivity index (χ0n) is 24.6. The normalized spacial score (nSPS) is 13.7. The van der Waals surface area contributed by atoms with Crippen molar-refractivity contribution in [3.63, 3.8) is 0 Å². The van der Waals surface area contributed by atoms with Gasteiger partial charge in [0.05, 0.1) is 25.8 Å². The Bertz CT molecular complexity index is 1730. The van der Waals surface area contributed by atoms with E-state index in [2.05, 4.69) is 15.0 Å². The number of nitrogens with two attached hydrogens (primary N) is 1. The molecule has 0 radical (unpaired) electrons. The zero-order chi connectivity index (χ0) is 32.8. The Morgan fingerprint density at radius 2 is 1.74 bits per heavy atom. The largest absolute Gasteiger partial charge is 0.573 e. The third-order valence-electron chi connectivity index (χ3n) is 7.35. The number of amides is 2. The first-order chi connectivity index (χ1) is 22.0. The molecule has 1 fully saturated rings. The van der Waals surface area contributed by atoms with Crippen molar-refractivity contribution in [1.82, 2.24) is 10.3 Å². The molecule has 1 aliphatic heterocycles. The molecular formula is C32H30F4N4O6. The van der Waals surface area contributed by atoms with Crippen molar-refractivity contribution in [3.8, 4) is 28.7 Å². The Morgan fingerprint density at radius 3 is 2.43 bits per heavy atom. The van der Waals surface area contributed by atoms with Gasteiger partial charge in [-0.1, -0.05) is 18.2 Å².